The van der Waals surface area contributed by atoms with E-state index in [4.69, 9.17) is 0 Å². The SMILES string of the molecule is CCN(C)C1(NC)CCC(C=O)CC1. The fourth-order valence-corrected chi connectivity index (χ4v) is 2.38. The van der Waals surface area contributed by atoms with Crippen molar-refractivity contribution in [1.82, 2.24) is 10.2 Å². The summed E-state index contributed by atoms with van der Waals surface area (Å²) in [4.78, 5) is 13.0. The third kappa shape index (κ3) is 2.15. The van der Waals surface area contributed by atoms with Crippen molar-refractivity contribution in [2.24, 2.45) is 5.92 Å². The molecule has 0 amide bonds. The molecule has 0 aromatic heterocycles. The summed E-state index contributed by atoms with van der Waals surface area (Å²) < 4.78 is 0. The molecule has 1 N–H and O–H groups in total. The minimum atomic E-state index is 0.133. The summed E-state index contributed by atoms with van der Waals surface area (Å²) in [6, 6.07) is 0. The standard InChI is InChI=1S/C11H22N2O/c1-4-13(3)11(12-2)7-5-10(9-14)6-8-11/h9-10,12H,4-8H2,1-3H3. The molecule has 3 nitrogen and oxygen atoms in total. The molecule has 0 unspecified atom stereocenters. The van der Waals surface area contributed by atoms with Gasteiger partial charge in [-0.3, -0.25) is 4.90 Å². The maximum Gasteiger partial charge on any atom is 0.123 e. The lowest BCUT2D eigenvalue weighted by Crippen LogP contribution is -2.57. The van der Waals surface area contributed by atoms with Crippen molar-refractivity contribution in [3.05, 3.63) is 0 Å². The predicted molar refractivity (Wildman–Crippen MR) is 58.1 cm³/mol. The van der Waals surface area contributed by atoms with Crippen molar-refractivity contribution in [1.29, 1.82) is 0 Å². The van der Waals surface area contributed by atoms with E-state index in [1.54, 1.807) is 0 Å². The Labute approximate surface area is 86.9 Å². The van der Waals surface area contributed by atoms with Crippen molar-refractivity contribution < 1.29 is 4.79 Å². The zero-order chi connectivity index (χ0) is 10.6. The van der Waals surface area contributed by atoms with Gasteiger partial charge in [-0.1, -0.05) is 6.92 Å². The summed E-state index contributed by atoms with van der Waals surface area (Å²) in [5.41, 5.74) is 0.133. The van der Waals surface area contributed by atoms with Crippen LogP contribution in [0.4, 0.5) is 0 Å². The Hall–Kier alpha value is -0.410. The summed E-state index contributed by atoms with van der Waals surface area (Å²) in [5.74, 6) is 0.293. The number of nitrogens with zero attached hydrogens (tertiary/aromatic N) is 1. The van der Waals surface area contributed by atoms with Gasteiger partial charge in [0, 0.05) is 5.92 Å². The van der Waals surface area contributed by atoms with E-state index in [-0.39, 0.29) is 5.66 Å². The smallest absolute Gasteiger partial charge is 0.123 e. The van der Waals surface area contributed by atoms with Crippen LogP contribution >= 0.6 is 0 Å². The minimum absolute atomic E-state index is 0.133. The van der Waals surface area contributed by atoms with E-state index < -0.39 is 0 Å². The van der Waals surface area contributed by atoms with E-state index in [1.807, 2.05) is 7.05 Å². The van der Waals surface area contributed by atoms with Crippen LogP contribution in [0.1, 0.15) is 32.6 Å². The second-order valence-electron chi connectivity index (χ2n) is 4.27. The molecule has 0 aromatic rings. The maximum atomic E-state index is 10.7. The molecular formula is C11H22N2O. The van der Waals surface area contributed by atoms with Gasteiger partial charge in [0.15, 0.2) is 0 Å². The third-order valence-electron chi connectivity index (χ3n) is 3.72. The van der Waals surface area contributed by atoms with Gasteiger partial charge in [-0.2, -0.15) is 0 Å². The molecule has 0 spiro atoms. The Morgan fingerprint density at radius 1 is 1.50 bits per heavy atom. The number of carbonyl (C=O) groups excluding carboxylic acids is 1. The van der Waals surface area contributed by atoms with Crippen molar-refractivity contribution in [3.63, 3.8) is 0 Å². The molecule has 1 saturated carbocycles. The molecule has 0 radical (unpaired) electrons. The Bertz CT molecular complexity index is 186. The first-order valence-corrected chi connectivity index (χ1v) is 5.54. The highest BCUT2D eigenvalue weighted by Crippen LogP contribution is 2.32. The van der Waals surface area contributed by atoms with Gasteiger partial charge in [0.1, 0.15) is 6.29 Å². The van der Waals surface area contributed by atoms with Gasteiger partial charge in [0.2, 0.25) is 0 Å². The molecule has 0 aliphatic heterocycles. The zero-order valence-corrected chi connectivity index (χ0v) is 9.55. The number of hydrogen-bond acceptors (Lipinski definition) is 3. The van der Waals surface area contributed by atoms with Crippen LogP contribution in [-0.2, 0) is 4.79 Å². The monoisotopic (exact) mass is 198 g/mol. The Balaban J connectivity index is 2.60. The van der Waals surface area contributed by atoms with Gasteiger partial charge >= 0.3 is 0 Å². The Morgan fingerprint density at radius 3 is 2.43 bits per heavy atom. The average molecular weight is 198 g/mol. The minimum Gasteiger partial charge on any atom is -0.303 e. The van der Waals surface area contributed by atoms with Crippen LogP contribution in [-0.4, -0.2) is 37.5 Å². The summed E-state index contributed by atoms with van der Waals surface area (Å²) in [6.45, 7) is 3.22. The van der Waals surface area contributed by atoms with Gasteiger partial charge < -0.3 is 10.1 Å². The van der Waals surface area contributed by atoms with Gasteiger partial charge in [-0.15, -0.1) is 0 Å². The summed E-state index contributed by atoms with van der Waals surface area (Å²) >= 11 is 0. The van der Waals surface area contributed by atoms with E-state index in [0.717, 1.165) is 38.5 Å². The molecular weight excluding hydrogens is 176 g/mol. The number of carbonyl (C=O) groups is 1. The van der Waals surface area contributed by atoms with E-state index in [1.165, 1.54) is 0 Å². The van der Waals surface area contributed by atoms with Crippen molar-refractivity contribution >= 4 is 6.29 Å². The molecule has 0 atom stereocenters. The molecule has 0 saturated heterocycles. The largest absolute Gasteiger partial charge is 0.303 e. The van der Waals surface area contributed by atoms with Crippen LogP contribution in [0.25, 0.3) is 0 Å². The summed E-state index contributed by atoms with van der Waals surface area (Å²) in [7, 11) is 4.17. The van der Waals surface area contributed by atoms with Crippen LogP contribution in [0, 0.1) is 5.92 Å². The molecule has 14 heavy (non-hydrogen) atoms. The summed E-state index contributed by atoms with van der Waals surface area (Å²) in [5, 5.41) is 3.42. The lowest BCUT2D eigenvalue weighted by molar-refractivity contribution is -0.113. The van der Waals surface area contributed by atoms with Crippen LogP contribution in [0.3, 0.4) is 0 Å². The van der Waals surface area contributed by atoms with E-state index in [0.29, 0.717) is 5.92 Å². The van der Waals surface area contributed by atoms with E-state index in [9.17, 15) is 4.79 Å². The van der Waals surface area contributed by atoms with E-state index >= 15 is 0 Å². The first kappa shape index (κ1) is 11.7. The first-order valence-electron chi connectivity index (χ1n) is 5.54. The molecule has 1 aliphatic rings. The van der Waals surface area contributed by atoms with Gasteiger partial charge in [0.25, 0.3) is 0 Å². The van der Waals surface area contributed by atoms with Crippen LogP contribution in [0.15, 0.2) is 0 Å². The zero-order valence-electron chi connectivity index (χ0n) is 9.55. The van der Waals surface area contributed by atoms with Gasteiger partial charge in [-0.05, 0) is 46.3 Å². The Kier molecular flexibility index (Phi) is 4.08. The first-order chi connectivity index (χ1) is 6.68. The number of nitrogens with one attached hydrogen (secondary N) is 1. The number of rotatable bonds is 4. The fraction of sp³-hybridized carbons (Fsp3) is 0.909. The van der Waals surface area contributed by atoms with Crippen molar-refractivity contribution in [3.8, 4) is 0 Å². The van der Waals surface area contributed by atoms with Crippen molar-refractivity contribution in [2.75, 3.05) is 20.6 Å². The molecule has 0 heterocycles. The molecule has 1 rings (SSSR count). The van der Waals surface area contributed by atoms with Gasteiger partial charge in [0.05, 0.1) is 5.66 Å². The van der Waals surface area contributed by atoms with E-state index in [2.05, 4.69) is 24.2 Å². The molecule has 1 aliphatic carbocycles. The quantitative estimate of drug-likeness (QED) is 0.545. The lowest BCUT2D eigenvalue weighted by Gasteiger charge is -2.45. The number of hydrogen-bond donors (Lipinski definition) is 1. The average Bonchev–Trinajstić information content (AvgIpc) is 2.28. The third-order valence-corrected chi connectivity index (χ3v) is 3.72. The van der Waals surface area contributed by atoms with Crippen LogP contribution in [0.5, 0.6) is 0 Å². The van der Waals surface area contributed by atoms with Crippen LogP contribution in [0.2, 0.25) is 0 Å². The van der Waals surface area contributed by atoms with Crippen LogP contribution < -0.4 is 5.32 Å². The second-order valence-corrected chi connectivity index (χ2v) is 4.27. The molecule has 0 bridgehead atoms. The van der Waals surface area contributed by atoms with Gasteiger partial charge in [-0.25, -0.2) is 0 Å². The highest BCUT2D eigenvalue weighted by Gasteiger charge is 2.36. The molecule has 3 heteroatoms. The summed E-state index contributed by atoms with van der Waals surface area (Å²) in [6.07, 6.45) is 5.32. The van der Waals surface area contributed by atoms with Crippen molar-refractivity contribution in [2.45, 2.75) is 38.3 Å². The molecule has 0 aromatic carbocycles. The highest BCUT2D eigenvalue weighted by molar-refractivity contribution is 5.53. The molecule has 1 fully saturated rings. The highest BCUT2D eigenvalue weighted by atomic mass is 16.1. The fourth-order valence-electron chi connectivity index (χ4n) is 2.38. The number of aldehydes is 1. The maximum absolute atomic E-state index is 10.7. The lowest BCUT2D eigenvalue weighted by atomic mass is 9.81. The molecule has 82 valence electrons. The second kappa shape index (κ2) is 4.89. The normalized spacial score (nSPS) is 33.3. The Morgan fingerprint density at radius 2 is 2.07 bits per heavy atom. The predicted octanol–water partition coefficient (Wildman–Crippen LogP) is 1.24. The topological polar surface area (TPSA) is 32.3 Å².